The highest BCUT2D eigenvalue weighted by Crippen LogP contribution is 2.30. The van der Waals surface area contributed by atoms with Gasteiger partial charge in [0, 0.05) is 37.6 Å². The normalized spacial score (nSPS) is 20.6. The van der Waals surface area contributed by atoms with Crippen molar-refractivity contribution in [2.45, 2.75) is 31.6 Å². The zero-order chi connectivity index (χ0) is 27.5. The molecule has 6 heterocycles. The van der Waals surface area contributed by atoms with E-state index in [1.165, 1.54) is 4.90 Å². The number of hydrogen-bond acceptors (Lipinski definition) is 11. The molecule has 6 rings (SSSR count). The second-order valence-corrected chi connectivity index (χ2v) is 10.1. The lowest BCUT2D eigenvalue weighted by atomic mass is 10.1. The topological polar surface area (TPSA) is 144 Å². The molecule has 3 aromatic heterocycles. The maximum atomic E-state index is 12.5. The molecule has 208 valence electrons. The van der Waals surface area contributed by atoms with Crippen LogP contribution in [0.1, 0.15) is 18.4 Å². The van der Waals surface area contributed by atoms with Crippen molar-refractivity contribution in [1.29, 1.82) is 0 Å². The van der Waals surface area contributed by atoms with Gasteiger partial charge in [-0.05, 0) is 50.2 Å². The Hall–Kier alpha value is -4.36. The number of hydrogen-bond donors (Lipinski definition) is 2. The van der Waals surface area contributed by atoms with Crippen molar-refractivity contribution in [3.63, 3.8) is 0 Å². The largest absolute Gasteiger partial charge is 0.480 e. The minimum absolute atomic E-state index is 0.0516. The van der Waals surface area contributed by atoms with Gasteiger partial charge in [0.05, 0.1) is 24.6 Å². The molecule has 2 fully saturated rings. The van der Waals surface area contributed by atoms with E-state index in [1.807, 2.05) is 6.07 Å². The molecule has 0 aliphatic carbocycles. The van der Waals surface area contributed by atoms with Crippen LogP contribution in [0.25, 0.3) is 11.3 Å². The third-order valence-corrected chi connectivity index (χ3v) is 6.92. The molecule has 2 atom stereocenters. The van der Waals surface area contributed by atoms with Crippen LogP contribution in [0.2, 0.25) is 0 Å². The van der Waals surface area contributed by atoms with E-state index in [0.717, 1.165) is 30.6 Å². The van der Waals surface area contributed by atoms with E-state index in [4.69, 9.17) is 14.2 Å². The Morgan fingerprint density at radius 2 is 2.02 bits per heavy atom. The predicted molar refractivity (Wildman–Crippen MR) is 144 cm³/mol. The number of anilines is 2. The van der Waals surface area contributed by atoms with Crippen molar-refractivity contribution in [2.24, 2.45) is 0 Å². The highest BCUT2D eigenvalue weighted by atomic mass is 16.6. The van der Waals surface area contributed by atoms with Gasteiger partial charge in [-0.2, -0.15) is 0 Å². The van der Waals surface area contributed by atoms with E-state index < -0.39 is 6.09 Å². The Kier molecular flexibility index (Phi) is 7.38. The molecule has 3 aliphatic rings. The number of cyclic esters (lactones) is 1. The summed E-state index contributed by atoms with van der Waals surface area (Å²) in [7, 11) is 2.08. The molecule has 0 spiro atoms. The summed E-state index contributed by atoms with van der Waals surface area (Å²) in [5.74, 6) is 1.41. The van der Waals surface area contributed by atoms with Gasteiger partial charge in [-0.15, -0.1) is 0 Å². The van der Waals surface area contributed by atoms with Gasteiger partial charge in [0.1, 0.15) is 18.0 Å². The highest BCUT2D eigenvalue weighted by molar-refractivity contribution is 5.95. The molecule has 0 saturated carbocycles. The third kappa shape index (κ3) is 5.95. The molecule has 2 saturated heterocycles. The Morgan fingerprint density at radius 3 is 2.90 bits per heavy atom. The van der Waals surface area contributed by atoms with Gasteiger partial charge in [0.15, 0.2) is 18.2 Å². The first-order valence-corrected chi connectivity index (χ1v) is 13.2. The van der Waals surface area contributed by atoms with Gasteiger partial charge in [0.25, 0.3) is 5.91 Å². The molecule has 0 radical (unpaired) electrons. The Morgan fingerprint density at radius 1 is 1.12 bits per heavy atom. The summed E-state index contributed by atoms with van der Waals surface area (Å²) in [5, 5.41) is 6.05. The van der Waals surface area contributed by atoms with E-state index in [1.54, 1.807) is 36.9 Å². The summed E-state index contributed by atoms with van der Waals surface area (Å²) < 4.78 is 16.9. The van der Waals surface area contributed by atoms with Crippen molar-refractivity contribution in [2.75, 3.05) is 50.1 Å². The number of aromatic nitrogens is 4. The first-order chi connectivity index (χ1) is 19.5. The molecule has 0 bridgehead atoms. The fourth-order valence-corrected chi connectivity index (χ4v) is 4.89. The number of amides is 2. The van der Waals surface area contributed by atoms with Crippen molar-refractivity contribution < 1.29 is 23.8 Å². The summed E-state index contributed by atoms with van der Waals surface area (Å²) >= 11 is 0. The molecule has 3 aliphatic heterocycles. The van der Waals surface area contributed by atoms with Gasteiger partial charge in [-0.1, -0.05) is 0 Å². The Balaban J connectivity index is 0.997. The lowest BCUT2D eigenvalue weighted by molar-refractivity contribution is -0.118. The summed E-state index contributed by atoms with van der Waals surface area (Å²) in [6.45, 7) is 3.44. The monoisotopic (exact) mass is 546 g/mol. The molecular weight excluding hydrogens is 516 g/mol. The lowest BCUT2D eigenvalue weighted by Gasteiger charge is -2.19. The number of likely N-dealkylation sites (N-methyl/N-ethyl adjacent to an activating group) is 1. The van der Waals surface area contributed by atoms with Gasteiger partial charge in [-0.3, -0.25) is 19.7 Å². The molecule has 0 aromatic carbocycles. The summed E-state index contributed by atoms with van der Waals surface area (Å²) in [6, 6.07) is 5.39. The summed E-state index contributed by atoms with van der Waals surface area (Å²) in [5.41, 5.74) is 2.56. The van der Waals surface area contributed by atoms with Gasteiger partial charge < -0.3 is 29.7 Å². The molecular formula is C27H30N8O5. The van der Waals surface area contributed by atoms with E-state index >= 15 is 0 Å². The smallest absolute Gasteiger partial charge is 0.415 e. The second kappa shape index (κ2) is 11.4. The molecule has 2 amide bonds. The summed E-state index contributed by atoms with van der Waals surface area (Å²) in [6.07, 6.45) is 7.90. The number of fused-ring (bicyclic) bond motifs is 1. The van der Waals surface area contributed by atoms with Crippen LogP contribution in [0, 0.1) is 0 Å². The zero-order valence-electron chi connectivity index (χ0n) is 22.1. The van der Waals surface area contributed by atoms with Gasteiger partial charge in [-0.25, -0.2) is 14.8 Å². The van der Waals surface area contributed by atoms with Gasteiger partial charge in [0.2, 0.25) is 5.88 Å². The first kappa shape index (κ1) is 25.9. The highest BCUT2D eigenvalue weighted by Gasteiger charge is 2.33. The van der Waals surface area contributed by atoms with Crippen LogP contribution in [0.5, 0.6) is 11.6 Å². The lowest BCUT2D eigenvalue weighted by Crippen LogP contribution is -2.29. The number of carbonyl (C=O) groups excluding carboxylic acids is 2. The number of carbonyl (C=O) groups is 2. The number of nitrogens with zero attached hydrogens (tertiary/aromatic N) is 6. The fraction of sp³-hybridized carbons (Fsp3) is 0.407. The third-order valence-electron chi connectivity index (χ3n) is 6.92. The number of likely N-dealkylation sites (tertiary alicyclic amines) is 1. The Bertz CT molecular complexity index is 1400. The molecule has 3 aromatic rings. The minimum Gasteiger partial charge on any atom is -0.480 e. The van der Waals surface area contributed by atoms with E-state index in [2.05, 4.69) is 42.5 Å². The van der Waals surface area contributed by atoms with Gasteiger partial charge >= 0.3 is 6.09 Å². The molecule has 0 unspecified atom stereocenters. The standard InChI is InChI=1S/C27H30N8O5/c1-34-7-5-20(14-34)39-25-13-30-12-21(31-25)18-8-17(10-29-11-18)9-28-6-4-19-15-35(27(37)40-19)23-3-2-22-26(32-23)33-24(36)16-38-22/h2-3,8,10-13,19-20,28H,4-7,9,14-16H2,1H3,(H,32,33,36)/t19-,20-/m0/s1. The van der Waals surface area contributed by atoms with Crippen molar-refractivity contribution >= 4 is 23.6 Å². The van der Waals surface area contributed by atoms with E-state index in [0.29, 0.717) is 55.0 Å². The first-order valence-electron chi connectivity index (χ1n) is 13.2. The second-order valence-electron chi connectivity index (χ2n) is 10.1. The number of rotatable bonds is 9. The van der Waals surface area contributed by atoms with E-state index in [-0.39, 0.29) is 24.7 Å². The fourth-order valence-electron chi connectivity index (χ4n) is 4.89. The quantitative estimate of drug-likeness (QED) is 0.380. The van der Waals surface area contributed by atoms with E-state index in [9.17, 15) is 9.59 Å². The van der Waals surface area contributed by atoms with Crippen LogP contribution in [-0.2, 0) is 16.1 Å². The number of pyridine rings is 2. The number of nitrogens with one attached hydrogen (secondary N) is 2. The van der Waals surface area contributed by atoms with Crippen molar-refractivity contribution in [3.05, 3.63) is 48.5 Å². The van der Waals surface area contributed by atoms with Crippen LogP contribution in [0.3, 0.4) is 0 Å². The predicted octanol–water partition coefficient (Wildman–Crippen LogP) is 1.85. The average Bonchev–Trinajstić information content (AvgIpc) is 3.55. The SMILES string of the molecule is CN1CC[C@H](Oc2cncc(-c3cncc(CNCC[C@H]4CN(c5ccc6c(n5)NC(=O)CO6)C(=O)O4)c3)n2)C1. The Labute approximate surface area is 230 Å². The maximum absolute atomic E-state index is 12.5. The zero-order valence-corrected chi connectivity index (χ0v) is 22.1. The number of ether oxygens (including phenoxy) is 3. The van der Waals surface area contributed by atoms with Crippen molar-refractivity contribution in [1.82, 2.24) is 30.2 Å². The molecule has 13 nitrogen and oxygen atoms in total. The van der Waals surface area contributed by atoms with Crippen LogP contribution in [0.4, 0.5) is 16.4 Å². The molecule has 40 heavy (non-hydrogen) atoms. The molecule has 2 N–H and O–H groups in total. The summed E-state index contributed by atoms with van der Waals surface area (Å²) in [4.78, 5) is 45.4. The van der Waals surface area contributed by atoms with Crippen LogP contribution in [0.15, 0.2) is 43.0 Å². The maximum Gasteiger partial charge on any atom is 0.415 e. The van der Waals surface area contributed by atoms with Crippen LogP contribution in [-0.4, -0.2) is 88.9 Å². The minimum atomic E-state index is -0.468. The van der Waals surface area contributed by atoms with Crippen LogP contribution < -0.4 is 25.0 Å². The molecule has 13 heteroatoms. The van der Waals surface area contributed by atoms with Crippen LogP contribution >= 0.6 is 0 Å². The average molecular weight is 547 g/mol. The van der Waals surface area contributed by atoms with Crippen molar-refractivity contribution in [3.8, 4) is 22.9 Å².